The van der Waals surface area contributed by atoms with E-state index in [1.54, 1.807) is 0 Å². The van der Waals surface area contributed by atoms with Gasteiger partial charge in [-0.3, -0.25) is 14.9 Å². The molecule has 0 aliphatic rings. The lowest BCUT2D eigenvalue weighted by Gasteiger charge is -2.19. The summed E-state index contributed by atoms with van der Waals surface area (Å²) >= 11 is 0. The lowest BCUT2D eigenvalue weighted by molar-refractivity contribution is 0.101. The Morgan fingerprint density at radius 1 is 1.07 bits per heavy atom. The molecule has 8 heteroatoms. The van der Waals surface area contributed by atoms with Gasteiger partial charge in [0.25, 0.3) is 11.5 Å². The zero-order valence-electron chi connectivity index (χ0n) is 18.0. The summed E-state index contributed by atoms with van der Waals surface area (Å²) in [7, 11) is 0. The van der Waals surface area contributed by atoms with Crippen LogP contribution in [0.5, 0.6) is 0 Å². The van der Waals surface area contributed by atoms with Crippen LogP contribution in [0.25, 0.3) is 11.0 Å². The molecule has 1 aromatic carbocycles. The van der Waals surface area contributed by atoms with E-state index in [9.17, 15) is 9.59 Å². The largest absolute Gasteiger partial charge is 0.309 e. The lowest BCUT2D eigenvalue weighted by atomic mass is 10.3. The van der Waals surface area contributed by atoms with Crippen molar-refractivity contribution in [2.45, 2.75) is 46.7 Å². The Morgan fingerprint density at radius 2 is 1.83 bits per heavy atom. The van der Waals surface area contributed by atoms with Gasteiger partial charge in [0.1, 0.15) is 5.69 Å². The number of fused-ring (bicyclic) bond motifs is 1. The zero-order valence-corrected chi connectivity index (χ0v) is 18.0. The number of anilines is 1. The summed E-state index contributed by atoms with van der Waals surface area (Å²) in [4.78, 5) is 31.8. The van der Waals surface area contributed by atoms with Gasteiger partial charge in [-0.1, -0.05) is 39.3 Å². The van der Waals surface area contributed by atoms with Crippen LogP contribution in [0.1, 0.15) is 44.1 Å². The first-order valence-corrected chi connectivity index (χ1v) is 10.6. The van der Waals surface area contributed by atoms with Crippen molar-refractivity contribution < 1.29 is 4.79 Å². The molecule has 2 heterocycles. The maximum atomic E-state index is 12.9. The smallest absolute Gasteiger partial charge is 0.278 e. The van der Waals surface area contributed by atoms with Crippen LogP contribution in [0.2, 0.25) is 0 Å². The van der Waals surface area contributed by atoms with Crippen LogP contribution in [0.15, 0.2) is 41.2 Å². The molecule has 2 aromatic heterocycles. The Hall–Kier alpha value is -3.00. The first-order chi connectivity index (χ1) is 14.6. The van der Waals surface area contributed by atoms with Crippen LogP contribution >= 0.6 is 0 Å². The number of likely N-dealkylation sites (N-methyl/N-ethyl adjacent to an activating group) is 1. The van der Waals surface area contributed by atoms with Crippen molar-refractivity contribution >= 4 is 22.9 Å². The highest BCUT2D eigenvalue weighted by Gasteiger charge is 2.16. The first kappa shape index (κ1) is 21.7. The van der Waals surface area contributed by atoms with Crippen LogP contribution in [0, 0.1) is 0 Å². The highest BCUT2D eigenvalue weighted by Crippen LogP contribution is 2.20. The average Bonchev–Trinajstić information content (AvgIpc) is 3.10. The van der Waals surface area contributed by atoms with E-state index in [-0.39, 0.29) is 17.2 Å². The number of carbonyl (C=O) groups is 1. The fourth-order valence-electron chi connectivity index (χ4n) is 3.38. The number of rotatable bonds is 10. The maximum absolute atomic E-state index is 12.9. The summed E-state index contributed by atoms with van der Waals surface area (Å²) in [6.07, 6.45) is 1.78. The van der Waals surface area contributed by atoms with Gasteiger partial charge in [0.15, 0.2) is 0 Å². The van der Waals surface area contributed by atoms with E-state index in [2.05, 4.69) is 34.1 Å². The number of benzene rings is 1. The van der Waals surface area contributed by atoms with E-state index >= 15 is 0 Å². The molecule has 0 aliphatic carbocycles. The normalized spacial score (nSPS) is 11.3. The number of hydrogen-bond acceptors (Lipinski definition) is 5. The number of imidazole rings is 1. The summed E-state index contributed by atoms with van der Waals surface area (Å²) in [5, 5.41) is 7.13. The molecule has 3 aromatic rings. The second kappa shape index (κ2) is 10.2. The van der Waals surface area contributed by atoms with E-state index in [1.807, 2.05) is 35.8 Å². The third-order valence-corrected chi connectivity index (χ3v) is 5.24. The molecule has 30 heavy (non-hydrogen) atoms. The number of carbonyl (C=O) groups excluding carboxylic acids is 1. The van der Waals surface area contributed by atoms with Gasteiger partial charge in [-0.15, -0.1) is 0 Å². The lowest BCUT2D eigenvalue weighted by Crippen LogP contribution is -2.28. The van der Waals surface area contributed by atoms with Gasteiger partial charge in [-0.25, -0.2) is 9.67 Å². The number of amides is 1. The van der Waals surface area contributed by atoms with Crippen molar-refractivity contribution in [3.63, 3.8) is 0 Å². The van der Waals surface area contributed by atoms with E-state index in [1.165, 1.54) is 16.8 Å². The highest BCUT2D eigenvalue weighted by molar-refractivity contribution is 6.02. The number of nitrogens with zero attached hydrogens (tertiary/aromatic N) is 5. The summed E-state index contributed by atoms with van der Waals surface area (Å²) in [5.41, 5.74) is 1.80. The van der Waals surface area contributed by atoms with Crippen molar-refractivity contribution in [3.05, 3.63) is 52.4 Å². The molecule has 0 unspecified atom stereocenters. The Labute approximate surface area is 176 Å². The predicted octanol–water partition coefficient (Wildman–Crippen LogP) is 2.99. The van der Waals surface area contributed by atoms with Crippen molar-refractivity contribution in [1.29, 1.82) is 0 Å². The van der Waals surface area contributed by atoms with Crippen LogP contribution in [-0.4, -0.2) is 49.8 Å². The molecule has 3 rings (SSSR count). The molecule has 0 atom stereocenters. The molecule has 0 saturated heterocycles. The molecule has 1 N–H and O–H groups in total. The second-order valence-electron chi connectivity index (χ2n) is 7.19. The predicted molar refractivity (Wildman–Crippen MR) is 119 cm³/mol. The average molecular weight is 411 g/mol. The second-order valence-corrected chi connectivity index (χ2v) is 7.19. The first-order valence-electron chi connectivity index (χ1n) is 10.6. The van der Waals surface area contributed by atoms with Gasteiger partial charge in [0.05, 0.1) is 11.0 Å². The SMILES string of the molecule is CCCCn1nc(C(=O)Nc2nc3ccccc3n2CCN(CC)CC)ccc1=O. The van der Waals surface area contributed by atoms with Gasteiger partial charge < -0.3 is 9.47 Å². The Kier molecular flexibility index (Phi) is 7.35. The van der Waals surface area contributed by atoms with Gasteiger partial charge in [0, 0.05) is 25.7 Å². The van der Waals surface area contributed by atoms with E-state index in [4.69, 9.17) is 0 Å². The van der Waals surface area contributed by atoms with Gasteiger partial charge in [-0.2, -0.15) is 5.10 Å². The number of para-hydroxylation sites is 2. The molecule has 0 radical (unpaired) electrons. The quantitative estimate of drug-likeness (QED) is 0.555. The number of aryl methyl sites for hydroxylation is 1. The third kappa shape index (κ3) is 4.94. The topological polar surface area (TPSA) is 85.1 Å². The van der Waals surface area contributed by atoms with Crippen molar-refractivity contribution in [1.82, 2.24) is 24.2 Å². The zero-order chi connectivity index (χ0) is 21.5. The van der Waals surface area contributed by atoms with Crippen molar-refractivity contribution in [2.24, 2.45) is 0 Å². The molecule has 160 valence electrons. The minimum Gasteiger partial charge on any atom is -0.309 e. The van der Waals surface area contributed by atoms with Crippen LogP contribution in [0.4, 0.5) is 5.95 Å². The van der Waals surface area contributed by atoms with Crippen molar-refractivity contribution in [2.75, 3.05) is 25.0 Å². The molecule has 0 aliphatic heterocycles. The molecule has 1 amide bonds. The molecular formula is C22H30N6O2. The number of unbranched alkanes of at least 4 members (excludes halogenated alkanes) is 1. The van der Waals surface area contributed by atoms with E-state index < -0.39 is 0 Å². The number of aromatic nitrogens is 4. The van der Waals surface area contributed by atoms with Crippen LogP contribution in [0.3, 0.4) is 0 Å². The molecule has 0 spiro atoms. The third-order valence-electron chi connectivity index (χ3n) is 5.24. The Bertz CT molecular complexity index is 1050. The van der Waals surface area contributed by atoms with E-state index in [0.29, 0.717) is 19.0 Å². The molecule has 0 saturated carbocycles. The maximum Gasteiger partial charge on any atom is 0.278 e. The standard InChI is InChI=1S/C22H30N6O2/c1-4-7-14-28-20(29)13-12-18(25-28)21(30)24-22-23-17-10-8-9-11-19(17)27(22)16-15-26(5-2)6-3/h8-13H,4-7,14-16H2,1-3H3,(H,23,24,30). The monoisotopic (exact) mass is 410 g/mol. The summed E-state index contributed by atoms with van der Waals surface area (Å²) < 4.78 is 3.38. The molecule has 0 bridgehead atoms. The van der Waals surface area contributed by atoms with Crippen LogP contribution < -0.4 is 10.9 Å². The molecule has 8 nitrogen and oxygen atoms in total. The van der Waals surface area contributed by atoms with Crippen molar-refractivity contribution in [3.8, 4) is 0 Å². The molecule has 0 fully saturated rings. The summed E-state index contributed by atoms with van der Waals surface area (Å²) in [6, 6.07) is 10.7. The van der Waals surface area contributed by atoms with E-state index in [0.717, 1.165) is 43.5 Å². The number of hydrogen-bond donors (Lipinski definition) is 1. The Balaban J connectivity index is 1.87. The number of nitrogens with one attached hydrogen (secondary N) is 1. The van der Waals surface area contributed by atoms with Gasteiger partial charge in [-0.05, 0) is 37.7 Å². The highest BCUT2D eigenvalue weighted by atomic mass is 16.2. The van der Waals surface area contributed by atoms with Gasteiger partial charge in [0.2, 0.25) is 5.95 Å². The fraction of sp³-hybridized carbons (Fsp3) is 0.455. The fourth-order valence-corrected chi connectivity index (χ4v) is 3.38. The summed E-state index contributed by atoms with van der Waals surface area (Å²) in [6.45, 7) is 10.3. The van der Waals surface area contributed by atoms with Gasteiger partial charge >= 0.3 is 0 Å². The van der Waals surface area contributed by atoms with Crippen LogP contribution in [-0.2, 0) is 13.1 Å². The Morgan fingerprint density at radius 3 is 2.57 bits per heavy atom. The summed E-state index contributed by atoms with van der Waals surface area (Å²) in [5.74, 6) is 0.112. The minimum atomic E-state index is -0.375. The minimum absolute atomic E-state index is 0.202. The molecular weight excluding hydrogens is 380 g/mol.